The van der Waals surface area contributed by atoms with E-state index in [4.69, 9.17) is 4.52 Å². The van der Waals surface area contributed by atoms with Gasteiger partial charge >= 0.3 is 6.03 Å². The van der Waals surface area contributed by atoms with E-state index in [9.17, 15) is 4.79 Å². The van der Waals surface area contributed by atoms with E-state index >= 15 is 0 Å². The maximum atomic E-state index is 12.3. The molecule has 3 heterocycles. The molecule has 0 spiro atoms. The summed E-state index contributed by atoms with van der Waals surface area (Å²) < 4.78 is 7.06. The number of pyridine rings is 1. The minimum absolute atomic E-state index is 0.254. The van der Waals surface area contributed by atoms with Crippen LogP contribution in [0, 0.1) is 13.8 Å². The van der Waals surface area contributed by atoms with Crippen molar-refractivity contribution in [2.24, 2.45) is 0 Å². The van der Waals surface area contributed by atoms with Crippen LogP contribution in [0.5, 0.6) is 0 Å². The number of fused-ring (bicyclic) bond motifs is 1. The van der Waals surface area contributed by atoms with Gasteiger partial charge in [-0.2, -0.15) is 4.98 Å². The Morgan fingerprint density at radius 3 is 2.80 bits per heavy atom. The van der Waals surface area contributed by atoms with Crippen LogP contribution in [0.2, 0.25) is 0 Å². The first-order valence-corrected chi connectivity index (χ1v) is 8.36. The molecular weight excluding hydrogens is 320 g/mol. The van der Waals surface area contributed by atoms with Crippen LogP contribution in [0.15, 0.2) is 28.9 Å². The number of nitrogens with zero attached hydrogens (tertiary/aromatic N) is 4. The predicted octanol–water partition coefficient (Wildman–Crippen LogP) is 2.21. The zero-order valence-electron chi connectivity index (χ0n) is 14.2. The van der Waals surface area contributed by atoms with E-state index in [2.05, 4.69) is 25.8 Å². The molecule has 0 radical (unpaired) electrons. The topological polar surface area (TPSA) is 97.4 Å². The SMILES string of the molecule is Cc1nc(C2(NC(=O)NCc3cn4c(C)cccc4n3)CCC2)no1. The standard InChI is InChI=1S/C17H20N6O2/c1-11-5-3-6-14-20-13(10-23(11)14)9-18-16(24)21-17(7-4-8-17)15-19-12(2)25-22-15/h3,5-6,10H,4,7-9H2,1-2H3,(H2,18,21,24). The van der Waals surface area contributed by atoms with E-state index in [1.807, 2.05) is 35.7 Å². The number of aryl methyl sites for hydroxylation is 2. The van der Waals surface area contributed by atoms with Gasteiger partial charge in [0.25, 0.3) is 0 Å². The van der Waals surface area contributed by atoms with Gasteiger partial charge in [0.15, 0.2) is 5.82 Å². The summed E-state index contributed by atoms with van der Waals surface area (Å²) in [5, 5.41) is 9.85. The lowest BCUT2D eigenvalue weighted by Crippen LogP contribution is -2.54. The van der Waals surface area contributed by atoms with Crippen molar-refractivity contribution in [2.75, 3.05) is 0 Å². The first-order chi connectivity index (χ1) is 12.1. The van der Waals surface area contributed by atoms with Gasteiger partial charge in [0, 0.05) is 18.8 Å². The number of carbonyl (C=O) groups excluding carboxylic acids is 1. The molecule has 2 amide bonds. The lowest BCUT2D eigenvalue weighted by molar-refractivity contribution is 0.165. The third-order valence-electron chi connectivity index (χ3n) is 4.69. The fourth-order valence-electron chi connectivity index (χ4n) is 3.14. The fourth-order valence-corrected chi connectivity index (χ4v) is 3.14. The van der Waals surface area contributed by atoms with E-state index in [1.165, 1.54) is 0 Å². The summed E-state index contributed by atoms with van der Waals surface area (Å²) in [6.45, 7) is 4.12. The van der Waals surface area contributed by atoms with Crippen LogP contribution in [-0.4, -0.2) is 25.6 Å². The largest absolute Gasteiger partial charge is 0.340 e. The molecule has 8 heteroatoms. The molecule has 0 saturated heterocycles. The smallest absolute Gasteiger partial charge is 0.315 e. The van der Waals surface area contributed by atoms with Crippen molar-refractivity contribution in [1.29, 1.82) is 0 Å². The van der Waals surface area contributed by atoms with Crippen LogP contribution in [0.3, 0.4) is 0 Å². The molecule has 1 saturated carbocycles. The van der Waals surface area contributed by atoms with Gasteiger partial charge in [-0.25, -0.2) is 9.78 Å². The molecule has 4 rings (SSSR count). The number of hydrogen-bond donors (Lipinski definition) is 2. The van der Waals surface area contributed by atoms with E-state index in [0.717, 1.165) is 36.3 Å². The van der Waals surface area contributed by atoms with E-state index in [0.29, 0.717) is 18.3 Å². The Hall–Kier alpha value is -2.90. The molecule has 0 atom stereocenters. The molecule has 2 N–H and O–H groups in total. The Labute approximate surface area is 144 Å². The summed E-state index contributed by atoms with van der Waals surface area (Å²) in [6.07, 6.45) is 4.59. The Balaban J connectivity index is 1.42. The average molecular weight is 340 g/mol. The van der Waals surface area contributed by atoms with Gasteiger partial charge in [0.05, 0.1) is 12.2 Å². The first kappa shape index (κ1) is 15.6. The fraction of sp³-hybridized carbons (Fsp3) is 0.412. The highest BCUT2D eigenvalue weighted by molar-refractivity contribution is 5.75. The zero-order chi connectivity index (χ0) is 17.4. The van der Waals surface area contributed by atoms with Crippen molar-refractivity contribution >= 4 is 11.7 Å². The van der Waals surface area contributed by atoms with Crippen molar-refractivity contribution < 1.29 is 9.32 Å². The summed E-state index contributed by atoms with van der Waals surface area (Å²) >= 11 is 0. The number of imidazole rings is 1. The molecule has 1 fully saturated rings. The van der Waals surface area contributed by atoms with E-state index in [1.54, 1.807) is 6.92 Å². The van der Waals surface area contributed by atoms with Crippen molar-refractivity contribution in [3.8, 4) is 0 Å². The molecule has 1 aliphatic carbocycles. The van der Waals surface area contributed by atoms with Crippen LogP contribution in [-0.2, 0) is 12.1 Å². The normalized spacial score (nSPS) is 15.8. The highest BCUT2D eigenvalue weighted by Gasteiger charge is 2.44. The minimum atomic E-state index is -0.517. The molecule has 3 aromatic rings. The van der Waals surface area contributed by atoms with Gasteiger partial charge < -0.3 is 19.6 Å². The Kier molecular flexibility index (Phi) is 3.67. The second-order valence-corrected chi connectivity index (χ2v) is 6.51. The summed E-state index contributed by atoms with van der Waals surface area (Å²) in [7, 11) is 0. The van der Waals surface area contributed by atoms with Crippen LogP contribution in [0.4, 0.5) is 4.79 Å². The maximum Gasteiger partial charge on any atom is 0.315 e. The second-order valence-electron chi connectivity index (χ2n) is 6.51. The Morgan fingerprint density at radius 1 is 1.32 bits per heavy atom. The number of hydrogen-bond acceptors (Lipinski definition) is 5. The zero-order valence-corrected chi connectivity index (χ0v) is 14.2. The first-order valence-electron chi connectivity index (χ1n) is 8.36. The highest BCUT2D eigenvalue weighted by Crippen LogP contribution is 2.39. The second kappa shape index (κ2) is 5.87. The van der Waals surface area contributed by atoms with Gasteiger partial charge in [-0.3, -0.25) is 0 Å². The summed E-state index contributed by atoms with van der Waals surface area (Å²) in [6, 6.07) is 5.68. The maximum absolute atomic E-state index is 12.3. The Bertz CT molecular complexity index is 924. The highest BCUT2D eigenvalue weighted by atomic mass is 16.5. The number of amides is 2. The molecule has 0 bridgehead atoms. The predicted molar refractivity (Wildman–Crippen MR) is 89.9 cm³/mol. The van der Waals surface area contributed by atoms with Gasteiger partial charge in [-0.1, -0.05) is 11.2 Å². The van der Waals surface area contributed by atoms with Crippen LogP contribution in [0.1, 0.15) is 42.4 Å². The minimum Gasteiger partial charge on any atom is -0.340 e. The molecule has 130 valence electrons. The third-order valence-corrected chi connectivity index (χ3v) is 4.69. The van der Waals surface area contributed by atoms with Crippen LogP contribution >= 0.6 is 0 Å². The van der Waals surface area contributed by atoms with Crippen LogP contribution in [0.25, 0.3) is 5.65 Å². The number of rotatable bonds is 4. The van der Waals surface area contributed by atoms with Crippen molar-refractivity contribution in [2.45, 2.75) is 45.2 Å². The summed E-state index contributed by atoms with van der Waals surface area (Å²) in [5.41, 5.74) is 2.26. The number of nitrogens with one attached hydrogen (secondary N) is 2. The van der Waals surface area contributed by atoms with E-state index in [-0.39, 0.29) is 6.03 Å². The molecular formula is C17H20N6O2. The number of aromatic nitrogens is 4. The van der Waals surface area contributed by atoms with Crippen LogP contribution < -0.4 is 10.6 Å². The Morgan fingerprint density at radius 2 is 2.16 bits per heavy atom. The number of urea groups is 1. The third kappa shape index (κ3) is 2.84. The summed E-state index contributed by atoms with van der Waals surface area (Å²) in [5.74, 6) is 1.05. The number of carbonyl (C=O) groups is 1. The van der Waals surface area contributed by atoms with Crippen molar-refractivity contribution in [3.05, 3.63) is 47.5 Å². The van der Waals surface area contributed by atoms with Crippen molar-refractivity contribution in [3.63, 3.8) is 0 Å². The van der Waals surface area contributed by atoms with Gasteiger partial charge in [0.2, 0.25) is 5.89 Å². The lowest BCUT2D eigenvalue weighted by Gasteiger charge is -2.39. The van der Waals surface area contributed by atoms with Gasteiger partial charge in [-0.15, -0.1) is 0 Å². The summed E-state index contributed by atoms with van der Waals surface area (Å²) in [4.78, 5) is 21.1. The molecule has 25 heavy (non-hydrogen) atoms. The quantitative estimate of drug-likeness (QED) is 0.759. The van der Waals surface area contributed by atoms with Crippen molar-refractivity contribution in [1.82, 2.24) is 30.2 Å². The molecule has 1 aliphatic rings. The van der Waals surface area contributed by atoms with E-state index < -0.39 is 5.54 Å². The van der Waals surface area contributed by atoms with Gasteiger partial charge in [0.1, 0.15) is 11.2 Å². The lowest BCUT2D eigenvalue weighted by atomic mass is 9.76. The monoisotopic (exact) mass is 340 g/mol. The molecule has 0 aliphatic heterocycles. The molecule has 8 nitrogen and oxygen atoms in total. The molecule has 0 unspecified atom stereocenters. The molecule has 3 aromatic heterocycles. The van der Waals surface area contributed by atoms with Gasteiger partial charge in [-0.05, 0) is 38.3 Å². The molecule has 0 aromatic carbocycles. The average Bonchev–Trinajstić information content (AvgIpc) is 3.16.